The van der Waals surface area contributed by atoms with E-state index in [1.807, 2.05) is 19.1 Å². The molecular formula is C15H19ClN2O2. The van der Waals surface area contributed by atoms with E-state index >= 15 is 0 Å². The monoisotopic (exact) mass is 294 g/mol. The number of halogens is 1. The number of nitrogens with zero attached hydrogens (tertiary/aromatic N) is 1. The zero-order valence-corrected chi connectivity index (χ0v) is 12.5. The molecule has 1 fully saturated rings. The first kappa shape index (κ1) is 14.9. The molecule has 0 aromatic heterocycles. The van der Waals surface area contributed by atoms with Crippen molar-refractivity contribution in [3.63, 3.8) is 0 Å². The summed E-state index contributed by atoms with van der Waals surface area (Å²) >= 11 is 6.01. The fraction of sp³-hybridized carbons (Fsp3) is 0.467. The van der Waals surface area contributed by atoms with Gasteiger partial charge in [-0.1, -0.05) is 17.7 Å². The van der Waals surface area contributed by atoms with Gasteiger partial charge in [0.2, 0.25) is 11.8 Å². The largest absolute Gasteiger partial charge is 0.339 e. The van der Waals surface area contributed by atoms with E-state index in [2.05, 4.69) is 5.32 Å². The van der Waals surface area contributed by atoms with Crippen LogP contribution in [0, 0.1) is 6.92 Å². The first-order chi connectivity index (χ1) is 9.47. The van der Waals surface area contributed by atoms with E-state index in [1.54, 1.807) is 17.9 Å². The third-order valence-electron chi connectivity index (χ3n) is 3.43. The summed E-state index contributed by atoms with van der Waals surface area (Å²) in [4.78, 5) is 25.1. The summed E-state index contributed by atoms with van der Waals surface area (Å²) in [5, 5.41) is 3.43. The Hall–Kier alpha value is -1.55. The summed E-state index contributed by atoms with van der Waals surface area (Å²) in [6.45, 7) is 3.94. The zero-order valence-electron chi connectivity index (χ0n) is 11.8. The number of benzene rings is 1. The molecule has 4 nitrogen and oxygen atoms in total. The fourth-order valence-electron chi connectivity index (χ4n) is 2.10. The van der Waals surface area contributed by atoms with Crippen molar-refractivity contribution in [2.45, 2.75) is 39.2 Å². The lowest BCUT2D eigenvalue weighted by atomic mass is 10.2. The second kappa shape index (κ2) is 6.27. The minimum Gasteiger partial charge on any atom is -0.339 e. The van der Waals surface area contributed by atoms with Gasteiger partial charge in [0.15, 0.2) is 0 Å². The van der Waals surface area contributed by atoms with E-state index in [-0.39, 0.29) is 11.8 Å². The van der Waals surface area contributed by atoms with Crippen molar-refractivity contribution in [3.05, 3.63) is 28.8 Å². The van der Waals surface area contributed by atoms with Crippen LogP contribution in [0.25, 0.3) is 0 Å². The second-order valence-corrected chi connectivity index (χ2v) is 5.61. The Morgan fingerprint density at radius 2 is 2.10 bits per heavy atom. The second-order valence-electron chi connectivity index (χ2n) is 5.21. The van der Waals surface area contributed by atoms with Gasteiger partial charge in [0, 0.05) is 36.6 Å². The summed E-state index contributed by atoms with van der Waals surface area (Å²) in [5.74, 6) is -0.0597. The van der Waals surface area contributed by atoms with Crippen LogP contribution in [0.15, 0.2) is 18.2 Å². The molecule has 1 N–H and O–H groups in total. The average molecular weight is 295 g/mol. The molecule has 2 rings (SSSR count). The van der Waals surface area contributed by atoms with Gasteiger partial charge >= 0.3 is 0 Å². The summed E-state index contributed by atoms with van der Waals surface area (Å²) in [6.07, 6.45) is 2.41. The Morgan fingerprint density at radius 3 is 2.65 bits per heavy atom. The molecule has 0 unspecified atom stereocenters. The van der Waals surface area contributed by atoms with Gasteiger partial charge in [-0.2, -0.15) is 0 Å². The average Bonchev–Trinajstić information content (AvgIpc) is 3.18. The highest BCUT2D eigenvalue weighted by molar-refractivity contribution is 6.31. The lowest BCUT2D eigenvalue weighted by molar-refractivity contribution is -0.129. The number of rotatable bonds is 5. The SMILES string of the molecule is CC(=O)N(CCC(=O)Nc1ccc(C)c(Cl)c1)C1CC1. The van der Waals surface area contributed by atoms with Crippen LogP contribution in [0.5, 0.6) is 0 Å². The van der Waals surface area contributed by atoms with Gasteiger partial charge in [-0.3, -0.25) is 9.59 Å². The summed E-state index contributed by atoms with van der Waals surface area (Å²) in [7, 11) is 0. The number of hydrogen-bond acceptors (Lipinski definition) is 2. The summed E-state index contributed by atoms with van der Waals surface area (Å²) in [6, 6.07) is 5.76. The van der Waals surface area contributed by atoms with E-state index in [4.69, 9.17) is 11.6 Å². The highest BCUT2D eigenvalue weighted by Crippen LogP contribution is 2.27. The van der Waals surface area contributed by atoms with E-state index in [9.17, 15) is 9.59 Å². The number of anilines is 1. The molecule has 1 aliphatic rings. The number of aryl methyl sites for hydroxylation is 1. The predicted octanol–water partition coefficient (Wildman–Crippen LogP) is 2.99. The number of carbonyl (C=O) groups excluding carboxylic acids is 2. The predicted molar refractivity (Wildman–Crippen MR) is 79.8 cm³/mol. The Kier molecular flexibility index (Phi) is 4.65. The van der Waals surface area contributed by atoms with Crippen molar-refractivity contribution in [2.75, 3.05) is 11.9 Å². The Bertz CT molecular complexity index is 527. The molecule has 1 aromatic carbocycles. The van der Waals surface area contributed by atoms with Gasteiger partial charge < -0.3 is 10.2 Å². The smallest absolute Gasteiger partial charge is 0.226 e. The van der Waals surface area contributed by atoms with Gasteiger partial charge in [-0.15, -0.1) is 0 Å². The molecule has 1 saturated carbocycles. The zero-order chi connectivity index (χ0) is 14.7. The van der Waals surface area contributed by atoms with E-state index in [1.165, 1.54) is 0 Å². The van der Waals surface area contributed by atoms with Crippen LogP contribution in [0.1, 0.15) is 31.7 Å². The van der Waals surface area contributed by atoms with Gasteiger partial charge in [0.1, 0.15) is 0 Å². The molecule has 108 valence electrons. The Morgan fingerprint density at radius 1 is 1.40 bits per heavy atom. The van der Waals surface area contributed by atoms with Crippen LogP contribution in [0.4, 0.5) is 5.69 Å². The Labute approximate surface area is 124 Å². The fourth-order valence-corrected chi connectivity index (χ4v) is 2.28. The van der Waals surface area contributed by atoms with E-state index in [0.29, 0.717) is 29.7 Å². The van der Waals surface area contributed by atoms with Gasteiger partial charge in [-0.25, -0.2) is 0 Å². The van der Waals surface area contributed by atoms with Crippen LogP contribution in [0.2, 0.25) is 5.02 Å². The molecule has 0 atom stereocenters. The third-order valence-corrected chi connectivity index (χ3v) is 3.83. The van der Waals surface area contributed by atoms with Gasteiger partial charge in [0.05, 0.1) is 0 Å². The van der Waals surface area contributed by atoms with Gasteiger partial charge in [0.25, 0.3) is 0 Å². The maximum Gasteiger partial charge on any atom is 0.226 e. The maximum atomic E-state index is 11.9. The van der Waals surface area contributed by atoms with Crippen LogP contribution in [0.3, 0.4) is 0 Å². The van der Waals surface area contributed by atoms with Crippen molar-refractivity contribution < 1.29 is 9.59 Å². The topological polar surface area (TPSA) is 49.4 Å². The Balaban J connectivity index is 1.85. The molecule has 5 heteroatoms. The van der Waals surface area contributed by atoms with Crippen molar-refractivity contribution in [3.8, 4) is 0 Å². The van der Waals surface area contributed by atoms with Crippen LogP contribution >= 0.6 is 11.6 Å². The van der Waals surface area contributed by atoms with Gasteiger partial charge in [-0.05, 0) is 37.5 Å². The standard InChI is InChI=1S/C15H19ClN2O2/c1-10-3-4-12(9-14(10)16)17-15(20)7-8-18(11(2)19)13-5-6-13/h3-4,9,13H,5-8H2,1-2H3,(H,17,20). The number of hydrogen-bond donors (Lipinski definition) is 1. The van der Waals surface area contributed by atoms with E-state index in [0.717, 1.165) is 18.4 Å². The lowest BCUT2D eigenvalue weighted by Gasteiger charge is -2.20. The third kappa shape index (κ3) is 3.97. The van der Waals surface area contributed by atoms with E-state index < -0.39 is 0 Å². The van der Waals surface area contributed by atoms with Crippen LogP contribution < -0.4 is 5.32 Å². The number of nitrogens with one attached hydrogen (secondary N) is 1. The molecule has 0 saturated heterocycles. The highest BCUT2D eigenvalue weighted by atomic mass is 35.5. The molecule has 2 amide bonds. The minimum absolute atomic E-state index is 0.0404. The first-order valence-electron chi connectivity index (χ1n) is 6.80. The van der Waals surface area contributed by atoms with Crippen LogP contribution in [-0.2, 0) is 9.59 Å². The molecule has 1 aromatic rings. The molecule has 0 bridgehead atoms. The number of carbonyl (C=O) groups is 2. The van der Waals surface area contributed by atoms with Crippen LogP contribution in [-0.4, -0.2) is 29.3 Å². The minimum atomic E-state index is -0.100. The molecule has 0 radical (unpaired) electrons. The first-order valence-corrected chi connectivity index (χ1v) is 7.18. The van der Waals surface area contributed by atoms with Crippen molar-refractivity contribution in [1.29, 1.82) is 0 Å². The summed E-state index contributed by atoms with van der Waals surface area (Å²) < 4.78 is 0. The number of amides is 2. The molecule has 0 aliphatic heterocycles. The van der Waals surface area contributed by atoms with Crippen molar-refractivity contribution in [1.82, 2.24) is 4.90 Å². The van der Waals surface area contributed by atoms with Crippen molar-refractivity contribution >= 4 is 29.1 Å². The maximum absolute atomic E-state index is 11.9. The normalized spacial score (nSPS) is 13.9. The quantitative estimate of drug-likeness (QED) is 0.907. The highest BCUT2D eigenvalue weighted by Gasteiger charge is 2.30. The molecule has 1 aliphatic carbocycles. The molecule has 20 heavy (non-hydrogen) atoms. The molecule has 0 spiro atoms. The van der Waals surface area contributed by atoms with Crippen molar-refractivity contribution in [2.24, 2.45) is 0 Å². The molecular weight excluding hydrogens is 276 g/mol. The summed E-state index contributed by atoms with van der Waals surface area (Å²) in [5.41, 5.74) is 1.66. The lowest BCUT2D eigenvalue weighted by Crippen LogP contribution is -2.33. The molecule has 0 heterocycles.